The molecule has 144 valence electrons. The van der Waals surface area contributed by atoms with Gasteiger partial charge in [-0.1, -0.05) is 6.92 Å². The monoisotopic (exact) mass is 380 g/mol. The van der Waals surface area contributed by atoms with E-state index in [1.54, 1.807) is 6.20 Å². The van der Waals surface area contributed by atoms with Gasteiger partial charge in [-0.25, -0.2) is 9.78 Å². The summed E-state index contributed by atoms with van der Waals surface area (Å²) in [6, 6.07) is 3.07. The van der Waals surface area contributed by atoms with Gasteiger partial charge in [0.2, 0.25) is 0 Å². The standard InChI is InChI=1S/C17H19F3N6O/c1-10-7-26(16(27)24-9-17(18,19)20)8-13(10)25(2)14-11(5-21)6-23-15-12(14)3-4-22-15/h3-4,6,10,13H,7-9H2,1-2H3,(H,22,23)(H,24,27)/t10-,13?/m1/s1. The highest BCUT2D eigenvalue weighted by Gasteiger charge is 2.37. The van der Waals surface area contributed by atoms with Crippen LogP contribution >= 0.6 is 0 Å². The van der Waals surface area contributed by atoms with Crippen molar-refractivity contribution < 1.29 is 18.0 Å². The second kappa shape index (κ2) is 6.98. The second-order valence-corrected chi connectivity index (χ2v) is 6.71. The van der Waals surface area contributed by atoms with Crippen LogP contribution in [0.2, 0.25) is 0 Å². The van der Waals surface area contributed by atoms with Gasteiger partial charge in [0.25, 0.3) is 0 Å². The van der Waals surface area contributed by atoms with Crippen molar-refractivity contribution in [3.8, 4) is 6.07 Å². The van der Waals surface area contributed by atoms with E-state index in [4.69, 9.17) is 0 Å². The Kier molecular flexibility index (Phi) is 4.87. The van der Waals surface area contributed by atoms with Crippen LogP contribution in [-0.2, 0) is 0 Å². The molecule has 3 heterocycles. The number of nitrogens with one attached hydrogen (secondary N) is 2. The number of halogens is 3. The lowest BCUT2D eigenvalue weighted by Crippen LogP contribution is -2.44. The Balaban J connectivity index is 1.80. The van der Waals surface area contributed by atoms with Crippen LogP contribution in [-0.4, -0.2) is 59.8 Å². The highest BCUT2D eigenvalue weighted by molar-refractivity contribution is 5.93. The summed E-state index contributed by atoms with van der Waals surface area (Å²) >= 11 is 0. The summed E-state index contributed by atoms with van der Waals surface area (Å²) in [5, 5.41) is 12.1. The van der Waals surface area contributed by atoms with Crippen molar-refractivity contribution in [1.29, 1.82) is 5.26 Å². The summed E-state index contributed by atoms with van der Waals surface area (Å²) in [5.74, 6) is 0.0142. The van der Waals surface area contributed by atoms with Crippen molar-refractivity contribution in [1.82, 2.24) is 20.2 Å². The summed E-state index contributed by atoms with van der Waals surface area (Å²) in [5.41, 5.74) is 1.73. The van der Waals surface area contributed by atoms with Gasteiger partial charge < -0.3 is 20.1 Å². The van der Waals surface area contributed by atoms with Gasteiger partial charge in [0.15, 0.2) is 0 Å². The van der Waals surface area contributed by atoms with Crippen molar-refractivity contribution in [3.63, 3.8) is 0 Å². The Morgan fingerprint density at radius 3 is 2.93 bits per heavy atom. The van der Waals surface area contributed by atoms with Crippen LogP contribution in [0.15, 0.2) is 18.5 Å². The number of amides is 2. The molecule has 0 saturated carbocycles. The Hall–Kier alpha value is -2.96. The lowest BCUT2D eigenvalue weighted by atomic mass is 10.0. The highest BCUT2D eigenvalue weighted by atomic mass is 19.4. The smallest absolute Gasteiger partial charge is 0.368 e. The Morgan fingerprint density at radius 1 is 1.52 bits per heavy atom. The highest BCUT2D eigenvalue weighted by Crippen LogP contribution is 2.33. The Morgan fingerprint density at radius 2 is 2.26 bits per heavy atom. The Bertz CT molecular complexity index is 887. The van der Waals surface area contributed by atoms with Gasteiger partial charge in [-0.3, -0.25) is 0 Å². The minimum absolute atomic E-state index is 0.0142. The van der Waals surface area contributed by atoms with E-state index in [2.05, 4.69) is 16.0 Å². The number of likely N-dealkylation sites (tertiary alicyclic amines) is 1. The zero-order valence-corrected chi connectivity index (χ0v) is 14.8. The second-order valence-electron chi connectivity index (χ2n) is 6.71. The number of urea groups is 1. The molecule has 1 unspecified atom stereocenters. The van der Waals surface area contributed by atoms with Gasteiger partial charge in [-0.05, 0) is 12.0 Å². The average molecular weight is 380 g/mol. The van der Waals surface area contributed by atoms with Crippen LogP contribution in [0.3, 0.4) is 0 Å². The molecule has 0 radical (unpaired) electrons. The maximum Gasteiger partial charge on any atom is 0.405 e. The van der Waals surface area contributed by atoms with Crippen molar-refractivity contribution in [2.24, 2.45) is 5.92 Å². The van der Waals surface area contributed by atoms with Crippen LogP contribution in [0.1, 0.15) is 12.5 Å². The number of anilines is 1. The number of alkyl halides is 3. The lowest BCUT2D eigenvalue weighted by Gasteiger charge is -2.30. The number of carbonyl (C=O) groups excluding carboxylic acids is 1. The number of pyridine rings is 1. The number of nitrogens with zero attached hydrogens (tertiary/aromatic N) is 4. The van der Waals surface area contributed by atoms with Crippen LogP contribution in [0.5, 0.6) is 0 Å². The number of fused-ring (bicyclic) bond motifs is 1. The predicted octanol–water partition coefficient (Wildman–Crippen LogP) is 2.46. The minimum Gasteiger partial charge on any atom is -0.368 e. The molecule has 2 atom stereocenters. The number of nitriles is 1. The van der Waals surface area contributed by atoms with Gasteiger partial charge in [0.1, 0.15) is 18.3 Å². The third-order valence-electron chi connectivity index (χ3n) is 4.83. The van der Waals surface area contributed by atoms with E-state index in [1.165, 1.54) is 11.1 Å². The van der Waals surface area contributed by atoms with Crippen LogP contribution in [0, 0.1) is 17.2 Å². The normalized spacial score (nSPS) is 19.9. The molecule has 2 amide bonds. The van der Waals surface area contributed by atoms with Crippen LogP contribution in [0.4, 0.5) is 23.7 Å². The first-order valence-corrected chi connectivity index (χ1v) is 8.40. The first-order chi connectivity index (χ1) is 12.7. The van der Waals surface area contributed by atoms with E-state index < -0.39 is 18.8 Å². The van der Waals surface area contributed by atoms with Crippen LogP contribution < -0.4 is 10.2 Å². The van der Waals surface area contributed by atoms with Gasteiger partial charge in [-0.2, -0.15) is 18.4 Å². The molecule has 0 aliphatic carbocycles. The number of aromatic amines is 1. The van der Waals surface area contributed by atoms with E-state index >= 15 is 0 Å². The van der Waals surface area contributed by atoms with E-state index in [9.17, 15) is 23.2 Å². The number of carbonyl (C=O) groups is 1. The molecular weight excluding hydrogens is 361 g/mol. The van der Waals surface area contributed by atoms with Crippen LogP contribution in [0.25, 0.3) is 11.0 Å². The summed E-state index contributed by atoms with van der Waals surface area (Å²) in [4.78, 5) is 22.6. The number of aromatic nitrogens is 2. The third-order valence-corrected chi connectivity index (χ3v) is 4.83. The van der Waals surface area contributed by atoms with Crippen molar-refractivity contribution in [2.75, 3.05) is 31.6 Å². The molecule has 1 saturated heterocycles. The summed E-state index contributed by atoms with van der Waals surface area (Å²) in [7, 11) is 1.82. The fraction of sp³-hybridized carbons (Fsp3) is 0.471. The summed E-state index contributed by atoms with van der Waals surface area (Å²) in [6.07, 6.45) is -1.24. The van der Waals surface area contributed by atoms with Crippen molar-refractivity contribution in [2.45, 2.75) is 19.1 Å². The average Bonchev–Trinajstić information content (AvgIpc) is 3.23. The largest absolute Gasteiger partial charge is 0.405 e. The molecule has 2 aromatic heterocycles. The zero-order valence-electron chi connectivity index (χ0n) is 14.8. The maximum atomic E-state index is 12.3. The molecule has 1 fully saturated rings. The first kappa shape index (κ1) is 18.8. The minimum atomic E-state index is -4.45. The van der Waals surface area contributed by atoms with Gasteiger partial charge in [0.05, 0.1) is 17.3 Å². The third kappa shape index (κ3) is 3.77. The maximum absolute atomic E-state index is 12.3. The topological polar surface area (TPSA) is 88.1 Å². The summed E-state index contributed by atoms with van der Waals surface area (Å²) in [6.45, 7) is 1.17. The van der Waals surface area contributed by atoms with E-state index in [0.29, 0.717) is 23.4 Å². The zero-order chi connectivity index (χ0) is 19.8. The summed E-state index contributed by atoms with van der Waals surface area (Å²) < 4.78 is 37.0. The van der Waals surface area contributed by atoms with Gasteiger partial charge in [-0.15, -0.1) is 0 Å². The molecule has 10 heteroatoms. The molecular formula is C17H19F3N6O. The first-order valence-electron chi connectivity index (χ1n) is 8.40. The fourth-order valence-corrected chi connectivity index (χ4v) is 3.53. The van der Waals surface area contributed by atoms with E-state index in [1.807, 2.05) is 30.3 Å². The molecule has 1 aliphatic rings. The SMILES string of the molecule is C[C@@H]1CN(C(=O)NCC(F)(F)F)CC1N(C)c1c(C#N)cnc2[nH]ccc12. The van der Waals surface area contributed by atoms with Crippen molar-refractivity contribution >= 4 is 22.8 Å². The lowest BCUT2D eigenvalue weighted by molar-refractivity contribution is -0.123. The van der Waals surface area contributed by atoms with E-state index in [-0.39, 0.29) is 18.5 Å². The number of hydrogen-bond acceptors (Lipinski definition) is 4. The molecule has 0 bridgehead atoms. The van der Waals surface area contributed by atoms with E-state index in [0.717, 1.165) is 5.39 Å². The predicted molar refractivity (Wildman–Crippen MR) is 93.2 cm³/mol. The molecule has 3 rings (SSSR count). The quantitative estimate of drug-likeness (QED) is 0.856. The molecule has 0 spiro atoms. The molecule has 7 nitrogen and oxygen atoms in total. The van der Waals surface area contributed by atoms with Gasteiger partial charge in [0, 0.05) is 37.9 Å². The number of hydrogen-bond donors (Lipinski definition) is 2. The molecule has 1 aliphatic heterocycles. The molecule has 2 N–H and O–H groups in total. The molecule has 27 heavy (non-hydrogen) atoms. The number of likely N-dealkylation sites (N-methyl/N-ethyl adjacent to an activating group) is 1. The number of H-pyrrole nitrogens is 1. The van der Waals surface area contributed by atoms with Crippen molar-refractivity contribution in [3.05, 3.63) is 24.0 Å². The van der Waals surface area contributed by atoms with Gasteiger partial charge >= 0.3 is 12.2 Å². The molecule has 2 aromatic rings. The number of rotatable bonds is 3. The molecule has 0 aromatic carbocycles. The Labute approximate surface area is 153 Å². The fourth-order valence-electron chi connectivity index (χ4n) is 3.53.